The molecule has 1 aromatic rings. The molecule has 1 aromatic heterocycles. The third-order valence-corrected chi connectivity index (χ3v) is 2.34. The molecule has 6 heteroatoms. The molecular formula is C11H12F3NO2. The standard InChI is InChI=1S/C11H12F3NO2/c1-2-3-8(10(16)17)9-6-7(4-5-15-9)11(12,13)14/h4-6,8H,2-3H2,1H3,(H,16,17). The third-order valence-electron chi connectivity index (χ3n) is 2.34. The Hall–Kier alpha value is -1.59. The number of rotatable bonds is 4. The van der Waals surface area contributed by atoms with Crippen molar-refractivity contribution in [2.45, 2.75) is 31.9 Å². The largest absolute Gasteiger partial charge is 0.481 e. The van der Waals surface area contributed by atoms with Gasteiger partial charge in [-0.2, -0.15) is 13.2 Å². The van der Waals surface area contributed by atoms with Gasteiger partial charge in [0.2, 0.25) is 0 Å². The number of hydrogen-bond donors (Lipinski definition) is 1. The number of carbonyl (C=O) groups is 1. The predicted octanol–water partition coefficient (Wildman–Crippen LogP) is 3.07. The summed E-state index contributed by atoms with van der Waals surface area (Å²) in [4.78, 5) is 14.6. The molecule has 0 amide bonds. The molecule has 1 rings (SSSR count). The van der Waals surface area contributed by atoms with Gasteiger partial charge in [-0.15, -0.1) is 0 Å². The number of aromatic nitrogens is 1. The zero-order valence-corrected chi connectivity index (χ0v) is 9.16. The summed E-state index contributed by atoms with van der Waals surface area (Å²) in [5.74, 6) is -2.14. The van der Waals surface area contributed by atoms with Crippen LogP contribution in [0.15, 0.2) is 18.3 Å². The summed E-state index contributed by atoms with van der Waals surface area (Å²) < 4.78 is 37.3. The topological polar surface area (TPSA) is 50.2 Å². The SMILES string of the molecule is CCCC(C(=O)O)c1cc(C(F)(F)F)ccn1. The molecule has 0 aliphatic rings. The van der Waals surface area contributed by atoms with Gasteiger partial charge in [0.05, 0.1) is 17.2 Å². The van der Waals surface area contributed by atoms with Gasteiger partial charge in [0, 0.05) is 6.20 Å². The lowest BCUT2D eigenvalue weighted by Crippen LogP contribution is -2.14. The van der Waals surface area contributed by atoms with Crippen LogP contribution in [0.2, 0.25) is 0 Å². The quantitative estimate of drug-likeness (QED) is 0.889. The summed E-state index contributed by atoms with van der Waals surface area (Å²) in [5, 5.41) is 8.93. The Morgan fingerprint density at radius 2 is 2.18 bits per heavy atom. The van der Waals surface area contributed by atoms with Crippen LogP contribution >= 0.6 is 0 Å². The minimum atomic E-state index is -4.48. The van der Waals surface area contributed by atoms with Crippen molar-refractivity contribution in [1.29, 1.82) is 0 Å². The van der Waals surface area contributed by atoms with E-state index in [0.29, 0.717) is 6.42 Å². The van der Waals surface area contributed by atoms with Gasteiger partial charge in [0.1, 0.15) is 0 Å². The van der Waals surface area contributed by atoms with Crippen LogP contribution < -0.4 is 0 Å². The van der Waals surface area contributed by atoms with Crippen LogP contribution in [0.25, 0.3) is 0 Å². The number of nitrogens with zero attached hydrogens (tertiary/aromatic N) is 1. The normalized spacial score (nSPS) is 13.4. The number of carboxylic acid groups (broad SMARTS) is 1. The monoisotopic (exact) mass is 247 g/mol. The van der Waals surface area contributed by atoms with Gasteiger partial charge in [-0.25, -0.2) is 0 Å². The summed E-state index contributed by atoms with van der Waals surface area (Å²) in [5.41, 5.74) is -0.918. The van der Waals surface area contributed by atoms with Crippen molar-refractivity contribution in [3.05, 3.63) is 29.6 Å². The molecule has 0 radical (unpaired) electrons. The van der Waals surface area contributed by atoms with Gasteiger partial charge in [0.15, 0.2) is 0 Å². The first kappa shape index (κ1) is 13.5. The highest BCUT2D eigenvalue weighted by Gasteiger charge is 2.32. The summed E-state index contributed by atoms with van der Waals surface area (Å²) in [6.45, 7) is 1.77. The van der Waals surface area contributed by atoms with E-state index >= 15 is 0 Å². The fraction of sp³-hybridized carbons (Fsp3) is 0.455. The van der Waals surface area contributed by atoms with Crippen LogP contribution in [0.3, 0.4) is 0 Å². The van der Waals surface area contributed by atoms with Crippen molar-refractivity contribution < 1.29 is 23.1 Å². The number of pyridine rings is 1. The van der Waals surface area contributed by atoms with Crippen molar-refractivity contribution in [2.75, 3.05) is 0 Å². The van der Waals surface area contributed by atoms with E-state index in [1.807, 2.05) is 0 Å². The van der Waals surface area contributed by atoms with Crippen molar-refractivity contribution in [2.24, 2.45) is 0 Å². The van der Waals surface area contributed by atoms with Crippen LogP contribution in [0.4, 0.5) is 13.2 Å². The van der Waals surface area contributed by atoms with Crippen molar-refractivity contribution in [3.63, 3.8) is 0 Å². The van der Waals surface area contributed by atoms with E-state index in [9.17, 15) is 18.0 Å². The minimum Gasteiger partial charge on any atom is -0.481 e. The molecule has 3 nitrogen and oxygen atoms in total. The van der Waals surface area contributed by atoms with E-state index in [2.05, 4.69) is 4.98 Å². The Balaban J connectivity index is 3.08. The summed E-state index contributed by atoms with van der Waals surface area (Å²) >= 11 is 0. The zero-order valence-electron chi connectivity index (χ0n) is 9.16. The second-order valence-corrected chi connectivity index (χ2v) is 3.65. The van der Waals surface area contributed by atoms with Gasteiger partial charge < -0.3 is 5.11 Å². The molecule has 94 valence electrons. The Morgan fingerprint density at radius 1 is 1.53 bits per heavy atom. The lowest BCUT2D eigenvalue weighted by molar-refractivity contribution is -0.140. The average molecular weight is 247 g/mol. The lowest BCUT2D eigenvalue weighted by atomic mass is 9.98. The molecule has 0 aliphatic heterocycles. The van der Waals surface area contributed by atoms with Gasteiger partial charge >= 0.3 is 12.1 Å². The smallest absolute Gasteiger partial charge is 0.416 e. The molecule has 1 unspecified atom stereocenters. The van der Waals surface area contributed by atoms with Gasteiger partial charge in [-0.05, 0) is 18.6 Å². The maximum Gasteiger partial charge on any atom is 0.416 e. The summed E-state index contributed by atoms with van der Waals surface area (Å²) in [7, 11) is 0. The molecule has 1 atom stereocenters. The Kier molecular flexibility index (Phi) is 4.09. The first-order valence-corrected chi connectivity index (χ1v) is 5.12. The number of halogens is 3. The van der Waals surface area contributed by atoms with Crippen molar-refractivity contribution >= 4 is 5.97 Å². The highest BCUT2D eigenvalue weighted by atomic mass is 19.4. The number of carboxylic acids is 1. The molecule has 17 heavy (non-hydrogen) atoms. The van der Waals surface area contributed by atoms with E-state index in [4.69, 9.17) is 5.11 Å². The van der Waals surface area contributed by atoms with Crippen LogP contribution in [-0.2, 0) is 11.0 Å². The number of aliphatic carboxylic acids is 1. The van der Waals surface area contributed by atoms with E-state index in [-0.39, 0.29) is 12.1 Å². The molecule has 0 saturated heterocycles. The second-order valence-electron chi connectivity index (χ2n) is 3.65. The fourth-order valence-corrected chi connectivity index (χ4v) is 1.50. The zero-order chi connectivity index (χ0) is 13.1. The molecule has 0 bridgehead atoms. The molecule has 0 saturated carbocycles. The van der Waals surface area contributed by atoms with Crippen molar-refractivity contribution in [3.8, 4) is 0 Å². The molecule has 1 heterocycles. The molecule has 0 aliphatic carbocycles. The molecule has 0 spiro atoms. The fourth-order valence-electron chi connectivity index (χ4n) is 1.50. The molecule has 0 aromatic carbocycles. The van der Waals surface area contributed by atoms with E-state index < -0.39 is 23.6 Å². The first-order valence-electron chi connectivity index (χ1n) is 5.12. The first-order chi connectivity index (χ1) is 7.86. The van der Waals surface area contributed by atoms with Gasteiger partial charge in [-0.3, -0.25) is 9.78 Å². The maximum atomic E-state index is 12.4. The van der Waals surface area contributed by atoms with Crippen LogP contribution in [0.5, 0.6) is 0 Å². The van der Waals surface area contributed by atoms with E-state index in [1.54, 1.807) is 6.92 Å². The lowest BCUT2D eigenvalue weighted by Gasteiger charge is -2.13. The van der Waals surface area contributed by atoms with Gasteiger partial charge in [-0.1, -0.05) is 13.3 Å². The highest BCUT2D eigenvalue weighted by Crippen LogP contribution is 2.31. The van der Waals surface area contributed by atoms with Crippen LogP contribution in [-0.4, -0.2) is 16.1 Å². The summed E-state index contributed by atoms with van der Waals surface area (Å²) in [6.07, 6.45) is -2.66. The Labute approximate surface area is 96.3 Å². The predicted molar refractivity (Wildman–Crippen MR) is 54.5 cm³/mol. The number of alkyl halides is 3. The van der Waals surface area contributed by atoms with Crippen LogP contribution in [0, 0.1) is 0 Å². The van der Waals surface area contributed by atoms with Gasteiger partial charge in [0.25, 0.3) is 0 Å². The van der Waals surface area contributed by atoms with Crippen LogP contribution in [0.1, 0.15) is 36.9 Å². The molecule has 0 fully saturated rings. The average Bonchev–Trinajstić information content (AvgIpc) is 2.24. The second kappa shape index (κ2) is 5.16. The minimum absolute atomic E-state index is 0.0471. The van der Waals surface area contributed by atoms with E-state index in [1.165, 1.54) is 0 Å². The van der Waals surface area contributed by atoms with E-state index in [0.717, 1.165) is 18.3 Å². The summed E-state index contributed by atoms with van der Waals surface area (Å²) in [6, 6.07) is 1.63. The Morgan fingerprint density at radius 3 is 2.65 bits per heavy atom. The molecular weight excluding hydrogens is 235 g/mol. The molecule has 1 N–H and O–H groups in total. The van der Waals surface area contributed by atoms with Crippen molar-refractivity contribution in [1.82, 2.24) is 4.98 Å². The maximum absolute atomic E-state index is 12.4. The Bertz CT molecular complexity index is 404. The highest BCUT2D eigenvalue weighted by molar-refractivity contribution is 5.75. The number of hydrogen-bond acceptors (Lipinski definition) is 2. The third kappa shape index (κ3) is 3.44.